The Morgan fingerprint density at radius 3 is 2.62 bits per heavy atom. The molecule has 1 heterocycles. The molecule has 1 amide bonds. The lowest BCUT2D eigenvalue weighted by molar-refractivity contribution is -0.184. The zero-order valence-electron chi connectivity index (χ0n) is 11.5. The maximum absolute atomic E-state index is 13.1. The third kappa shape index (κ3) is 3.49. The molecule has 0 aliphatic carbocycles. The van der Waals surface area contributed by atoms with E-state index in [-0.39, 0.29) is 24.9 Å². The van der Waals surface area contributed by atoms with Gasteiger partial charge in [0.25, 0.3) is 5.91 Å². The molecule has 0 unspecified atom stereocenters. The van der Waals surface area contributed by atoms with Crippen LogP contribution in [0.3, 0.4) is 0 Å². The van der Waals surface area contributed by atoms with E-state index in [1.165, 1.54) is 12.1 Å². The summed E-state index contributed by atoms with van der Waals surface area (Å²) in [5.41, 5.74) is 6.62. The first-order valence-electron chi connectivity index (χ1n) is 6.59. The summed E-state index contributed by atoms with van der Waals surface area (Å²) < 4.78 is 39.2. The Balaban J connectivity index is 2.31. The van der Waals surface area contributed by atoms with Crippen molar-refractivity contribution < 1.29 is 18.0 Å². The van der Waals surface area contributed by atoms with Gasteiger partial charge < -0.3 is 10.6 Å². The SMILES string of the molecule is Cc1ccc(C(=O)N2C[C@@H](N)CC[C@@H]2C(F)(F)F)cc1Cl. The van der Waals surface area contributed by atoms with Gasteiger partial charge in [-0.05, 0) is 37.5 Å². The topological polar surface area (TPSA) is 46.3 Å². The molecule has 0 saturated carbocycles. The highest BCUT2D eigenvalue weighted by molar-refractivity contribution is 6.31. The summed E-state index contributed by atoms with van der Waals surface area (Å²) in [6.07, 6.45) is -4.37. The fourth-order valence-electron chi connectivity index (χ4n) is 2.46. The van der Waals surface area contributed by atoms with Gasteiger partial charge in [0, 0.05) is 23.2 Å². The molecule has 21 heavy (non-hydrogen) atoms. The minimum absolute atomic E-state index is 0.103. The average Bonchev–Trinajstić information content (AvgIpc) is 2.39. The molecule has 2 N–H and O–H groups in total. The zero-order chi connectivity index (χ0) is 15.8. The lowest BCUT2D eigenvalue weighted by atomic mass is 9.97. The van der Waals surface area contributed by atoms with Crippen LogP contribution in [-0.2, 0) is 0 Å². The van der Waals surface area contributed by atoms with E-state index >= 15 is 0 Å². The Hall–Kier alpha value is -1.27. The number of piperidine rings is 1. The highest BCUT2D eigenvalue weighted by Gasteiger charge is 2.47. The number of carbonyl (C=O) groups excluding carboxylic acids is 1. The molecular formula is C14H16ClF3N2O. The molecule has 116 valence electrons. The predicted octanol–water partition coefficient (Wildman–Crippen LogP) is 3.14. The normalized spacial score (nSPS) is 23.2. The van der Waals surface area contributed by atoms with Gasteiger partial charge in [0.1, 0.15) is 6.04 Å². The average molecular weight is 321 g/mol. The van der Waals surface area contributed by atoms with Gasteiger partial charge in [0.2, 0.25) is 0 Å². The summed E-state index contributed by atoms with van der Waals surface area (Å²) in [5, 5.41) is 0.353. The number of aryl methyl sites for hydroxylation is 1. The monoisotopic (exact) mass is 320 g/mol. The van der Waals surface area contributed by atoms with E-state index in [0.29, 0.717) is 5.02 Å². The standard InChI is InChI=1S/C14H16ClF3N2O/c1-8-2-3-9(6-11(8)15)13(21)20-7-10(19)4-5-12(20)14(16,17)18/h2-3,6,10,12H,4-5,7,19H2,1H3/t10-,12+/m0/s1. The summed E-state index contributed by atoms with van der Waals surface area (Å²) in [4.78, 5) is 13.2. The Labute approximate surface area is 125 Å². The molecule has 3 nitrogen and oxygen atoms in total. The molecule has 0 radical (unpaired) electrons. The van der Waals surface area contributed by atoms with Gasteiger partial charge in [0.15, 0.2) is 0 Å². The van der Waals surface area contributed by atoms with Crippen LogP contribution < -0.4 is 5.73 Å². The number of carbonyl (C=O) groups is 1. The third-order valence-corrected chi connectivity index (χ3v) is 4.08. The number of hydrogen-bond donors (Lipinski definition) is 1. The lowest BCUT2D eigenvalue weighted by Gasteiger charge is -2.39. The van der Waals surface area contributed by atoms with E-state index < -0.39 is 24.2 Å². The number of nitrogens with zero attached hydrogens (tertiary/aromatic N) is 1. The van der Waals surface area contributed by atoms with Crippen molar-refractivity contribution in [2.45, 2.75) is 38.0 Å². The fourth-order valence-corrected chi connectivity index (χ4v) is 2.64. The van der Waals surface area contributed by atoms with Crippen molar-refractivity contribution in [2.75, 3.05) is 6.54 Å². The molecule has 2 atom stereocenters. The van der Waals surface area contributed by atoms with Crippen LogP contribution in [0.5, 0.6) is 0 Å². The number of amides is 1. The summed E-state index contributed by atoms with van der Waals surface area (Å²) in [7, 11) is 0. The van der Waals surface area contributed by atoms with E-state index in [0.717, 1.165) is 10.5 Å². The molecule has 0 bridgehead atoms. The Morgan fingerprint density at radius 2 is 2.05 bits per heavy atom. The first kappa shape index (κ1) is 16.1. The van der Waals surface area contributed by atoms with Crippen LogP contribution in [-0.4, -0.2) is 35.6 Å². The maximum atomic E-state index is 13.1. The van der Waals surface area contributed by atoms with Crippen LogP contribution in [0.1, 0.15) is 28.8 Å². The molecule has 0 spiro atoms. The van der Waals surface area contributed by atoms with Crippen molar-refractivity contribution in [3.63, 3.8) is 0 Å². The smallest absolute Gasteiger partial charge is 0.326 e. The molecule has 1 aliphatic heterocycles. The summed E-state index contributed by atoms with van der Waals surface area (Å²) in [6.45, 7) is 1.65. The van der Waals surface area contributed by atoms with Gasteiger partial charge in [-0.2, -0.15) is 13.2 Å². The number of alkyl halides is 3. The Kier molecular flexibility index (Phi) is 4.49. The van der Waals surface area contributed by atoms with Crippen LogP contribution in [0, 0.1) is 6.92 Å². The second-order valence-electron chi connectivity index (χ2n) is 5.32. The quantitative estimate of drug-likeness (QED) is 0.864. The number of benzene rings is 1. The van der Waals surface area contributed by atoms with Crippen molar-refractivity contribution in [1.29, 1.82) is 0 Å². The summed E-state index contributed by atoms with van der Waals surface area (Å²) in [5.74, 6) is -0.686. The molecule has 1 fully saturated rings. The number of nitrogens with two attached hydrogens (primary N) is 1. The Morgan fingerprint density at radius 1 is 1.38 bits per heavy atom. The van der Waals surface area contributed by atoms with Crippen molar-refractivity contribution >= 4 is 17.5 Å². The van der Waals surface area contributed by atoms with Gasteiger partial charge in [0.05, 0.1) is 0 Å². The van der Waals surface area contributed by atoms with Crippen LogP contribution in [0.4, 0.5) is 13.2 Å². The summed E-state index contributed by atoms with van der Waals surface area (Å²) >= 11 is 5.93. The van der Waals surface area contributed by atoms with E-state index in [4.69, 9.17) is 17.3 Å². The van der Waals surface area contributed by atoms with Crippen LogP contribution in [0.2, 0.25) is 5.02 Å². The highest BCUT2D eigenvalue weighted by Crippen LogP contribution is 2.32. The first-order valence-corrected chi connectivity index (χ1v) is 6.97. The van der Waals surface area contributed by atoms with Gasteiger partial charge in [-0.15, -0.1) is 0 Å². The van der Waals surface area contributed by atoms with Gasteiger partial charge in [-0.3, -0.25) is 4.79 Å². The number of rotatable bonds is 1. The second-order valence-corrected chi connectivity index (χ2v) is 5.72. The fraction of sp³-hybridized carbons (Fsp3) is 0.500. The van der Waals surface area contributed by atoms with Crippen LogP contribution in [0.15, 0.2) is 18.2 Å². The second kappa shape index (κ2) is 5.85. The lowest BCUT2D eigenvalue weighted by Crippen LogP contribution is -2.56. The van der Waals surface area contributed by atoms with Crippen molar-refractivity contribution in [1.82, 2.24) is 4.90 Å². The molecule has 7 heteroatoms. The minimum Gasteiger partial charge on any atom is -0.326 e. The number of halogens is 4. The maximum Gasteiger partial charge on any atom is 0.408 e. The van der Waals surface area contributed by atoms with E-state index in [1.54, 1.807) is 13.0 Å². The largest absolute Gasteiger partial charge is 0.408 e. The highest BCUT2D eigenvalue weighted by atomic mass is 35.5. The van der Waals surface area contributed by atoms with Crippen LogP contribution >= 0.6 is 11.6 Å². The van der Waals surface area contributed by atoms with Crippen molar-refractivity contribution in [3.05, 3.63) is 34.3 Å². The van der Waals surface area contributed by atoms with Crippen molar-refractivity contribution in [2.24, 2.45) is 5.73 Å². The van der Waals surface area contributed by atoms with Gasteiger partial charge >= 0.3 is 6.18 Å². The molecule has 1 saturated heterocycles. The Bertz CT molecular complexity index is 548. The predicted molar refractivity (Wildman–Crippen MR) is 74.3 cm³/mol. The summed E-state index contributed by atoms with van der Waals surface area (Å²) in [6, 6.07) is 2.27. The number of likely N-dealkylation sites (tertiary alicyclic amines) is 1. The first-order chi connectivity index (χ1) is 9.70. The van der Waals surface area contributed by atoms with Crippen molar-refractivity contribution in [3.8, 4) is 0 Å². The van der Waals surface area contributed by atoms with E-state index in [1.807, 2.05) is 0 Å². The minimum atomic E-state index is -4.45. The molecule has 1 aromatic carbocycles. The molecule has 0 aromatic heterocycles. The zero-order valence-corrected chi connectivity index (χ0v) is 12.2. The third-order valence-electron chi connectivity index (χ3n) is 3.68. The molecule has 2 rings (SSSR count). The van der Waals surface area contributed by atoms with Gasteiger partial charge in [-0.1, -0.05) is 17.7 Å². The van der Waals surface area contributed by atoms with Gasteiger partial charge in [-0.25, -0.2) is 0 Å². The van der Waals surface area contributed by atoms with Crippen LogP contribution in [0.25, 0.3) is 0 Å². The van der Waals surface area contributed by atoms with E-state index in [2.05, 4.69) is 0 Å². The number of hydrogen-bond acceptors (Lipinski definition) is 2. The van der Waals surface area contributed by atoms with E-state index in [9.17, 15) is 18.0 Å². The molecule has 1 aromatic rings. The molecule has 1 aliphatic rings. The molecular weight excluding hydrogens is 305 g/mol.